The first-order chi connectivity index (χ1) is 14.6. The van der Waals surface area contributed by atoms with Gasteiger partial charge in [0.1, 0.15) is 5.75 Å². The summed E-state index contributed by atoms with van der Waals surface area (Å²) in [6.45, 7) is 0.349. The normalized spacial score (nSPS) is 10.3. The van der Waals surface area contributed by atoms with Crippen molar-refractivity contribution in [1.29, 1.82) is 0 Å². The van der Waals surface area contributed by atoms with E-state index in [0.29, 0.717) is 23.5 Å². The van der Waals surface area contributed by atoms with Gasteiger partial charge in [-0.05, 0) is 48.2 Å². The van der Waals surface area contributed by atoms with E-state index in [2.05, 4.69) is 5.32 Å². The lowest BCUT2D eigenvalue weighted by atomic mass is 10.2. The van der Waals surface area contributed by atoms with Gasteiger partial charge < -0.3 is 15.0 Å². The summed E-state index contributed by atoms with van der Waals surface area (Å²) in [6.07, 6.45) is 2.03. The first kappa shape index (κ1) is 21.5. The minimum atomic E-state index is -0.286. The van der Waals surface area contributed by atoms with Crippen molar-refractivity contribution < 1.29 is 14.3 Å². The number of hydrogen-bond acceptors (Lipinski definition) is 4. The summed E-state index contributed by atoms with van der Waals surface area (Å²) in [5.74, 6) is -0.0781. The summed E-state index contributed by atoms with van der Waals surface area (Å²) >= 11 is 1.68. The lowest BCUT2D eigenvalue weighted by Crippen LogP contribution is -2.31. The molecule has 2 amide bonds. The predicted molar refractivity (Wildman–Crippen MR) is 121 cm³/mol. The molecule has 154 valence electrons. The summed E-state index contributed by atoms with van der Waals surface area (Å²) in [6, 6.07) is 24.2. The predicted octanol–water partition coefficient (Wildman–Crippen LogP) is 4.70. The zero-order valence-corrected chi connectivity index (χ0v) is 17.8. The number of nitrogens with zero attached hydrogens (tertiary/aromatic N) is 1. The Morgan fingerprint density at radius 3 is 2.30 bits per heavy atom. The highest BCUT2D eigenvalue weighted by molar-refractivity contribution is 7.98. The fraction of sp³-hybridized carbons (Fsp3) is 0.167. The highest BCUT2D eigenvalue weighted by atomic mass is 32.2. The molecule has 0 saturated carbocycles. The first-order valence-electron chi connectivity index (χ1n) is 9.52. The number of hydrogen-bond donors (Lipinski definition) is 1. The van der Waals surface area contributed by atoms with E-state index in [1.54, 1.807) is 48.0 Å². The van der Waals surface area contributed by atoms with Gasteiger partial charge in [-0.2, -0.15) is 0 Å². The number of carbonyl (C=O) groups is 2. The molecule has 0 fully saturated rings. The minimum absolute atomic E-state index is 0.144. The third-order valence-electron chi connectivity index (χ3n) is 4.52. The van der Waals surface area contributed by atoms with Gasteiger partial charge in [-0.25, -0.2) is 0 Å². The second-order valence-corrected chi connectivity index (χ2v) is 7.58. The number of benzene rings is 3. The molecule has 5 nitrogen and oxygen atoms in total. The highest BCUT2D eigenvalue weighted by Crippen LogP contribution is 2.20. The summed E-state index contributed by atoms with van der Waals surface area (Å²) in [5.41, 5.74) is 2.12. The van der Waals surface area contributed by atoms with E-state index in [1.807, 2.05) is 60.9 Å². The third kappa shape index (κ3) is 5.87. The van der Waals surface area contributed by atoms with Crippen LogP contribution in [0.4, 0.5) is 5.69 Å². The topological polar surface area (TPSA) is 58.6 Å². The SMILES string of the molecule is CSc1ccc(CN(C)C(=O)COc2ccccc2C(=O)Nc2ccccc2)cc1. The molecule has 0 radical (unpaired) electrons. The smallest absolute Gasteiger partial charge is 0.260 e. The van der Waals surface area contributed by atoms with Crippen LogP contribution in [0.1, 0.15) is 15.9 Å². The van der Waals surface area contributed by atoms with Gasteiger partial charge in [-0.1, -0.05) is 42.5 Å². The molecule has 0 aliphatic carbocycles. The molecule has 1 N–H and O–H groups in total. The van der Waals surface area contributed by atoms with Crippen molar-refractivity contribution in [2.45, 2.75) is 11.4 Å². The van der Waals surface area contributed by atoms with Gasteiger partial charge in [-0.15, -0.1) is 11.8 Å². The average molecular weight is 421 g/mol. The van der Waals surface area contributed by atoms with Crippen LogP contribution in [-0.2, 0) is 11.3 Å². The molecular weight excluding hydrogens is 396 g/mol. The van der Waals surface area contributed by atoms with Crippen LogP contribution in [0.5, 0.6) is 5.75 Å². The number of nitrogens with one attached hydrogen (secondary N) is 1. The number of ether oxygens (including phenoxy) is 1. The molecule has 0 spiro atoms. The highest BCUT2D eigenvalue weighted by Gasteiger charge is 2.15. The van der Waals surface area contributed by atoms with Crippen molar-refractivity contribution in [3.8, 4) is 5.75 Å². The zero-order chi connectivity index (χ0) is 21.3. The largest absolute Gasteiger partial charge is 0.483 e. The van der Waals surface area contributed by atoms with E-state index in [0.717, 1.165) is 5.56 Å². The summed E-state index contributed by atoms with van der Waals surface area (Å²) in [7, 11) is 1.74. The molecule has 0 aromatic heterocycles. The van der Waals surface area contributed by atoms with E-state index >= 15 is 0 Å². The number of thioether (sulfide) groups is 1. The van der Waals surface area contributed by atoms with Gasteiger partial charge in [0.05, 0.1) is 5.56 Å². The van der Waals surface area contributed by atoms with Crippen LogP contribution in [0, 0.1) is 0 Å². The Kier molecular flexibility index (Phi) is 7.51. The summed E-state index contributed by atoms with van der Waals surface area (Å²) < 4.78 is 5.70. The molecule has 0 bridgehead atoms. The van der Waals surface area contributed by atoms with Crippen LogP contribution < -0.4 is 10.1 Å². The molecule has 0 aliphatic rings. The molecule has 0 aliphatic heterocycles. The fourth-order valence-electron chi connectivity index (χ4n) is 2.84. The molecule has 0 saturated heterocycles. The van der Waals surface area contributed by atoms with E-state index < -0.39 is 0 Å². The lowest BCUT2D eigenvalue weighted by molar-refractivity contribution is -0.132. The quantitative estimate of drug-likeness (QED) is 0.537. The molecule has 3 aromatic rings. The van der Waals surface area contributed by atoms with Crippen LogP contribution in [0.2, 0.25) is 0 Å². The maximum absolute atomic E-state index is 12.6. The third-order valence-corrected chi connectivity index (χ3v) is 5.26. The lowest BCUT2D eigenvalue weighted by Gasteiger charge is -2.18. The van der Waals surface area contributed by atoms with Crippen molar-refractivity contribution >= 4 is 29.3 Å². The van der Waals surface area contributed by atoms with Crippen molar-refractivity contribution in [1.82, 2.24) is 4.90 Å². The number of carbonyl (C=O) groups excluding carboxylic acids is 2. The summed E-state index contributed by atoms with van der Waals surface area (Å²) in [4.78, 5) is 27.9. The maximum Gasteiger partial charge on any atom is 0.260 e. The Morgan fingerprint density at radius 1 is 0.933 bits per heavy atom. The average Bonchev–Trinajstić information content (AvgIpc) is 2.78. The number of likely N-dealkylation sites (N-methyl/N-ethyl adjacent to an activating group) is 1. The molecule has 0 heterocycles. The van der Waals surface area contributed by atoms with Crippen molar-refractivity contribution in [2.75, 3.05) is 25.2 Å². The second kappa shape index (κ2) is 10.5. The Hall–Kier alpha value is -3.25. The Labute approximate surface area is 181 Å². The van der Waals surface area contributed by atoms with E-state index in [4.69, 9.17) is 4.74 Å². The molecule has 0 atom stereocenters. The van der Waals surface area contributed by atoms with Crippen LogP contribution in [-0.4, -0.2) is 36.6 Å². The molecule has 0 unspecified atom stereocenters. The van der Waals surface area contributed by atoms with Crippen LogP contribution in [0.3, 0.4) is 0 Å². The van der Waals surface area contributed by atoms with Crippen LogP contribution in [0.15, 0.2) is 83.8 Å². The van der Waals surface area contributed by atoms with Crippen LogP contribution >= 0.6 is 11.8 Å². The molecular formula is C24H24N2O3S. The molecule has 30 heavy (non-hydrogen) atoms. The Balaban J connectivity index is 1.59. The number of rotatable bonds is 8. The zero-order valence-electron chi connectivity index (χ0n) is 17.0. The van der Waals surface area contributed by atoms with E-state index in [9.17, 15) is 9.59 Å². The minimum Gasteiger partial charge on any atom is -0.483 e. The molecule has 6 heteroatoms. The van der Waals surface area contributed by atoms with Gasteiger partial charge >= 0.3 is 0 Å². The number of anilines is 1. The molecule has 3 aromatic carbocycles. The van der Waals surface area contributed by atoms with Gasteiger partial charge in [0, 0.05) is 24.2 Å². The van der Waals surface area contributed by atoms with Crippen molar-refractivity contribution in [3.05, 3.63) is 90.0 Å². The van der Waals surface area contributed by atoms with Crippen LogP contribution in [0.25, 0.3) is 0 Å². The second-order valence-electron chi connectivity index (χ2n) is 6.70. The fourth-order valence-corrected chi connectivity index (χ4v) is 3.25. The molecule has 3 rings (SSSR count). The summed E-state index contributed by atoms with van der Waals surface area (Å²) in [5, 5.41) is 2.83. The number of amides is 2. The number of para-hydroxylation sites is 2. The maximum atomic E-state index is 12.6. The standard InChI is InChI=1S/C24H24N2O3S/c1-26(16-18-12-14-20(30-2)15-13-18)23(27)17-29-22-11-7-6-10-21(22)24(28)25-19-8-4-3-5-9-19/h3-15H,16-17H2,1-2H3,(H,25,28). The van der Waals surface area contributed by atoms with Gasteiger partial charge in [0.25, 0.3) is 11.8 Å². The Bertz CT molecular complexity index is 991. The monoisotopic (exact) mass is 420 g/mol. The van der Waals surface area contributed by atoms with Gasteiger partial charge in [0.15, 0.2) is 6.61 Å². The van der Waals surface area contributed by atoms with Gasteiger partial charge in [0.2, 0.25) is 0 Å². The Morgan fingerprint density at radius 2 is 1.60 bits per heavy atom. The first-order valence-corrected chi connectivity index (χ1v) is 10.7. The van der Waals surface area contributed by atoms with Gasteiger partial charge in [-0.3, -0.25) is 9.59 Å². The van der Waals surface area contributed by atoms with Crippen molar-refractivity contribution in [2.24, 2.45) is 0 Å². The van der Waals surface area contributed by atoms with E-state index in [-0.39, 0.29) is 18.4 Å². The van der Waals surface area contributed by atoms with E-state index in [1.165, 1.54) is 4.90 Å². The van der Waals surface area contributed by atoms with Crippen molar-refractivity contribution in [3.63, 3.8) is 0 Å².